The third-order valence-corrected chi connectivity index (χ3v) is 8.38. The third kappa shape index (κ3) is 4.74. The van der Waals surface area contributed by atoms with Crippen molar-refractivity contribution in [3.63, 3.8) is 0 Å². The number of carboxylic acid groups (broad SMARTS) is 1. The summed E-state index contributed by atoms with van der Waals surface area (Å²) >= 11 is 0. The Morgan fingerprint density at radius 1 is 1.24 bits per heavy atom. The summed E-state index contributed by atoms with van der Waals surface area (Å²) in [4.78, 5) is 31.4. The summed E-state index contributed by atoms with van der Waals surface area (Å²) in [5.41, 5.74) is -0.0766. The van der Waals surface area contributed by atoms with E-state index in [1.54, 1.807) is 6.07 Å². The number of anilines is 1. The second kappa shape index (κ2) is 9.36. The molecule has 0 radical (unpaired) electrons. The van der Waals surface area contributed by atoms with Gasteiger partial charge in [0, 0.05) is 25.6 Å². The van der Waals surface area contributed by atoms with Gasteiger partial charge in [0.2, 0.25) is 5.88 Å². The van der Waals surface area contributed by atoms with Gasteiger partial charge in [0.25, 0.3) is 5.91 Å². The molecule has 1 aromatic heterocycles. The van der Waals surface area contributed by atoms with Crippen LogP contribution >= 0.6 is 0 Å². The lowest BCUT2D eigenvalue weighted by molar-refractivity contribution is -0.138. The van der Waals surface area contributed by atoms with Gasteiger partial charge in [-0.1, -0.05) is 6.92 Å². The van der Waals surface area contributed by atoms with Crippen molar-refractivity contribution in [3.8, 4) is 5.88 Å². The first-order chi connectivity index (χ1) is 16.3. The highest BCUT2D eigenvalue weighted by Gasteiger charge is 2.55. The summed E-state index contributed by atoms with van der Waals surface area (Å²) in [7, 11) is 0. The topological polar surface area (TPSA) is 112 Å². The minimum atomic E-state index is -0.768. The van der Waals surface area contributed by atoms with E-state index in [9.17, 15) is 19.8 Å². The largest absolute Gasteiger partial charge is 0.481 e. The van der Waals surface area contributed by atoms with Crippen LogP contribution in [0.3, 0.4) is 0 Å². The predicted octanol–water partition coefficient (Wildman–Crippen LogP) is 3.23. The number of piperidine rings is 1. The number of ether oxygens (including phenoxy) is 1. The first kappa shape index (κ1) is 23.4. The number of aliphatic carboxylic acids is 1. The Balaban J connectivity index is 1.32. The van der Waals surface area contributed by atoms with E-state index in [0.29, 0.717) is 42.3 Å². The SMILES string of the molecule is CCCOc1nc(N2CCC[C@@H](CC(=O)O)C2)ccc1C(=O)NC1[C@H]2CC3C[C@H]1CC(O)(C3)C2. The number of nitrogens with zero attached hydrogens (tertiary/aromatic N) is 2. The first-order valence-electron chi connectivity index (χ1n) is 13.0. The lowest BCUT2D eigenvalue weighted by Gasteiger charge is -2.58. The van der Waals surface area contributed by atoms with Crippen LogP contribution in [0.4, 0.5) is 5.82 Å². The van der Waals surface area contributed by atoms with Crippen molar-refractivity contribution >= 4 is 17.7 Å². The van der Waals surface area contributed by atoms with E-state index in [-0.39, 0.29) is 24.3 Å². The molecule has 3 N–H and O–H groups in total. The number of hydrogen-bond donors (Lipinski definition) is 3. The molecule has 34 heavy (non-hydrogen) atoms. The monoisotopic (exact) mass is 471 g/mol. The van der Waals surface area contributed by atoms with Crippen LogP contribution in [0, 0.1) is 23.7 Å². The normalized spacial score (nSPS) is 34.2. The van der Waals surface area contributed by atoms with Crippen molar-refractivity contribution in [2.75, 3.05) is 24.6 Å². The van der Waals surface area contributed by atoms with Crippen LogP contribution in [0.1, 0.15) is 75.1 Å². The fourth-order valence-corrected chi connectivity index (χ4v) is 7.22. The molecule has 3 atom stereocenters. The van der Waals surface area contributed by atoms with Crippen molar-refractivity contribution < 1.29 is 24.5 Å². The lowest BCUT2D eigenvalue weighted by atomic mass is 9.52. The van der Waals surface area contributed by atoms with E-state index in [1.807, 2.05) is 13.0 Å². The van der Waals surface area contributed by atoms with E-state index in [2.05, 4.69) is 10.2 Å². The standard InChI is InChI=1S/C26H37N3O5/c1-2-8-34-25-20(5-6-21(27-25)29-7-3-4-16(15-29)11-22(30)31)24(32)28-23-18-9-17-10-19(23)14-26(33,12-17)13-18/h5-6,16-19,23,33H,2-4,7-15H2,1H3,(H,28,32)(H,30,31)/t16-,17?,18-,19-,23?,26?/m0/s1. The molecule has 5 fully saturated rings. The molecule has 186 valence electrons. The maximum absolute atomic E-state index is 13.4. The summed E-state index contributed by atoms with van der Waals surface area (Å²) in [6, 6.07) is 3.76. The number of rotatable bonds is 8. The molecule has 4 saturated carbocycles. The minimum Gasteiger partial charge on any atom is -0.481 e. The molecule has 8 heteroatoms. The van der Waals surface area contributed by atoms with Gasteiger partial charge < -0.3 is 25.2 Å². The molecule has 6 rings (SSSR count). The second-order valence-corrected chi connectivity index (χ2v) is 11.1. The lowest BCUT2D eigenvalue weighted by Crippen LogP contribution is -2.61. The van der Waals surface area contributed by atoms with Crippen LogP contribution in [0.5, 0.6) is 5.88 Å². The number of carbonyl (C=O) groups excluding carboxylic acids is 1. The molecule has 8 nitrogen and oxygen atoms in total. The highest BCUT2D eigenvalue weighted by Crippen LogP contribution is 2.55. The first-order valence-corrected chi connectivity index (χ1v) is 13.0. The molecule has 1 aliphatic heterocycles. The van der Waals surface area contributed by atoms with Gasteiger partial charge in [-0.05, 0) is 87.2 Å². The van der Waals surface area contributed by atoms with Crippen LogP contribution in [0.15, 0.2) is 12.1 Å². The van der Waals surface area contributed by atoms with E-state index in [1.165, 1.54) is 0 Å². The molecule has 0 spiro atoms. The van der Waals surface area contributed by atoms with Crippen LogP contribution in [-0.2, 0) is 4.79 Å². The Morgan fingerprint density at radius 2 is 2.00 bits per heavy atom. The van der Waals surface area contributed by atoms with Crippen LogP contribution in [-0.4, -0.2) is 58.4 Å². The number of nitrogens with one attached hydrogen (secondary N) is 1. The average molecular weight is 472 g/mol. The van der Waals surface area contributed by atoms with Gasteiger partial charge >= 0.3 is 5.97 Å². The number of aliphatic hydroxyl groups is 1. The second-order valence-electron chi connectivity index (χ2n) is 11.1. The molecule has 1 aromatic rings. The molecule has 0 aromatic carbocycles. The number of amides is 1. The van der Waals surface area contributed by atoms with Crippen molar-refractivity contribution in [3.05, 3.63) is 17.7 Å². The van der Waals surface area contributed by atoms with Gasteiger partial charge in [-0.3, -0.25) is 9.59 Å². The third-order valence-electron chi connectivity index (χ3n) is 8.38. The highest BCUT2D eigenvalue weighted by atomic mass is 16.5. The van der Waals surface area contributed by atoms with E-state index in [0.717, 1.165) is 63.7 Å². The zero-order valence-corrected chi connectivity index (χ0v) is 20.0. The van der Waals surface area contributed by atoms with Crippen LogP contribution in [0.2, 0.25) is 0 Å². The number of carbonyl (C=O) groups is 2. The van der Waals surface area contributed by atoms with Gasteiger partial charge in [-0.15, -0.1) is 0 Å². The van der Waals surface area contributed by atoms with Gasteiger partial charge in [-0.2, -0.15) is 4.98 Å². The Labute approximate surface area is 201 Å². The predicted molar refractivity (Wildman–Crippen MR) is 127 cm³/mol. The van der Waals surface area contributed by atoms with Crippen molar-refractivity contribution in [1.82, 2.24) is 10.3 Å². The fraction of sp³-hybridized carbons (Fsp3) is 0.731. The quantitative estimate of drug-likeness (QED) is 0.534. The minimum absolute atomic E-state index is 0.0990. The summed E-state index contributed by atoms with van der Waals surface area (Å²) in [5, 5.41) is 23.3. The van der Waals surface area contributed by atoms with Crippen molar-refractivity contribution in [2.24, 2.45) is 23.7 Å². The highest BCUT2D eigenvalue weighted by molar-refractivity contribution is 5.97. The Kier molecular flexibility index (Phi) is 6.44. The van der Waals surface area contributed by atoms with Crippen LogP contribution in [0.25, 0.3) is 0 Å². The summed E-state index contributed by atoms with van der Waals surface area (Å²) in [6.45, 7) is 3.96. The molecule has 5 aliphatic rings. The molecular weight excluding hydrogens is 434 g/mol. The molecule has 1 saturated heterocycles. The summed E-state index contributed by atoms with van der Waals surface area (Å²) < 4.78 is 5.92. The smallest absolute Gasteiger partial charge is 0.303 e. The number of carboxylic acids is 1. The maximum atomic E-state index is 13.4. The summed E-state index contributed by atoms with van der Waals surface area (Å²) in [6.07, 6.45) is 7.47. The van der Waals surface area contributed by atoms with Crippen molar-refractivity contribution in [2.45, 2.75) is 76.4 Å². The maximum Gasteiger partial charge on any atom is 0.303 e. The zero-order chi connectivity index (χ0) is 23.9. The number of hydrogen-bond acceptors (Lipinski definition) is 6. The molecule has 2 heterocycles. The number of pyridine rings is 1. The van der Waals surface area contributed by atoms with E-state index >= 15 is 0 Å². The van der Waals surface area contributed by atoms with E-state index in [4.69, 9.17) is 9.72 Å². The average Bonchev–Trinajstić information content (AvgIpc) is 2.78. The zero-order valence-electron chi connectivity index (χ0n) is 20.0. The van der Waals surface area contributed by atoms with E-state index < -0.39 is 11.6 Å². The Morgan fingerprint density at radius 3 is 2.68 bits per heavy atom. The molecular formula is C26H37N3O5. The van der Waals surface area contributed by atoms with Gasteiger partial charge in [-0.25, -0.2) is 0 Å². The fourth-order valence-electron chi connectivity index (χ4n) is 7.22. The van der Waals surface area contributed by atoms with Gasteiger partial charge in [0.05, 0.1) is 12.2 Å². The Bertz CT molecular complexity index is 921. The van der Waals surface area contributed by atoms with Gasteiger partial charge in [0.15, 0.2) is 0 Å². The molecule has 1 amide bonds. The number of aromatic nitrogens is 1. The summed E-state index contributed by atoms with van der Waals surface area (Å²) in [5.74, 6) is 1.53. The van der Waals surface area contributed by atoms with Crippen LogP contribution < -0.4 is 15.0 Å². The molecule has 0 unspecified atom stereocenters. The molecule has 4 aliphatic carbocycles. The Hall–Kier alpha value is -2.35. The van der Waals surface area contributed by atoms with Crippen molar-refractivity contribution in [1.29, 1.82) is 0 Å². The molecule has 4 bridgehead atoms. The van der Waals surface area contributed by atoms with Gasteiger partial charge in [0.1, 0.15) is 11.4 Å².